The lowest BCUT2D eigenvalue weighted by atomic mass is 10.1. The molecule has 1 aromatic carbocycles. The van der Waals surface area contributed by atoms with Crippen molar-refractivity contribution in [3.8, 4) is 5.75 Å². The summed E-state index contributed by atoms with van der Waals surface area (Å²) in [5.74, 6) is 0.693. The van der Waals surface area contributed by atoms with Crippen LogP contribution in [0.1, 0.15) is 11.1 Å². The topological polar surface area (TPSA) is 9.23 Å². The molecule has 0 unspecified atom stereocenters. The minimum absolute atomic E-state index is 0.0262. The molecule has 0 aliphatic rings. The van der Waals surface area contributed by atoms with Crippen molar-refractivity contribution in [2.75, 3.05) is 0 Å². The number of halogens is 1. The van der Waals surface area contributed by atoms with Crippen LogP contribution < -0.4 is 4.74 Å². The predicted molar refractivity (Wildman–Crippen MR) is 55.0 cm³/mol. The molecule has 12 heavy (non-hydrogen) atoms. The summed E-state index contributed by atoms with van der Waals surface area (Å²) in [7, 11) is 0. The van der Waals surface area contributed by atoms with Gasteiger partial charge in [-0.25, -0.2) is 0 Å². The van der Waals surface area contributed by atoms with Crippen molar-refractivity contribution < 1.29 is 4.74 Å². The second-order valence-corrected chi connectivity index (χ2v) is 3.52. The van der Waals surface area contributed by atoms with E-state index in [0.29, 0.717) is 5.75 Å². The first-order chi connectivity index (χ1) is 5.59. The molecular formula is C9H9ClOS. The van der Waals surface area contributed by atoms with Crippen LogP contribution >= 0.6 is 23.8 Å². The molecule has 0 radical (unpaired) electrons. The van der Waals surface area contributed by atoms with Crippen LogP contribution in [0.5, 0.6) is 5.75 Å². The number of rotatable bonds is 1. The van der Waals surface area contributed by atoms with Gasteiger partial charge in [0.25, 0.3) is 4.51 Å². The molecule has 0 aliphatic heterocycles. The van der Waals surface area contributed by atoms with Crippen LogP contribution in [-0.2, 0) is 0 Å². The quantitative estimate of drug-likeness (QED) is 0.509. The average molecular weight is 201 g/mol. The third kappa shape index (κ3) is 2.47. The van der Waals surface area contributed by atoms with E-state index in [-0.39, 0.29) is 4.51 Å². The lowest BCUT2D eigenvalue weighted by Crippen LogP contribution is -1.96. The number of benzene rings is 1. The summed E-state index contributed by atoms with van der Waals surface area (Å²) in [5, 5.41) is 0. The molecule has 0 fully saturated rings. The summed E-state index contributed by atoms with van der Waals surface area (Å²) < 4.78 is 5.07. The second-order valence-electron chi connectivity index (χ2n) is 2.59. The van der Waals surface area contributed by atoms with Crippen LogP contribution in [0.25, 0.3) is 0 Å². The largest absolute Gasteiger partial charge is 0.436 e. The maximum Gasteiger partial charge on any atom is 0.260 e. The van der Waals surface area contributed by atoms with Crippen molar-refractivity contribution in [1.82, 2.24) is 0 Å². The average Bonchev–Trinajstić information content (AvgIpc) is 1.96. The van der Waals surface area contributed by atoms with Gasteiger partial charge < -0.3 is 4.74 Å². The highest BCUT2D eigenvalue weighted by Crippen LogP contribution is 2.17. The Hall–Kier alpha value is -0.600. The van der Waals surface area contributed by atoms with Gasteiger partial charge in [0.05, 0.1) is 0 Å². The van der Waals surface area contributed by atoms with Crippen LogP contribution in [0.15, 0.2) is 18.2 Å². The van der Waals surface area contributed by atoms with Gasteiger partial charge in [0.2, 0.25) is 0 Å². The monoisotopic (exact) mass is 200 g/mol. The molecule has 0 N–H and O–H groups in total. The third-order valence-corrected chi connectivity index (χ3v) is 1.84. The molecule has 3 heteroatoms. The van der Waals surface area contributed by atoms with E-state index >= 15 is 0 Å². The molecule has 1 nitrogen and oxygen atoms in total. The number of thiocarbonyl (C=S) groups is 1. The fourth-order valence-electron chi connectivity index (χ4n) is 0.870. The standard InChI is InChI=1S/C9H9ClOS/c1-6-3-4-8(5-7(6)2)11-9(10)12/h3-5H,1-2H3. The van der Waals surface area contributed by atoms with Crippen molar-refractivity contribution in [2.24, 2.45) is 0 Å². The van der Waals surface area contributed by atoms with Crippen molar-refractivity contribution in [2.45, 2.75) is 13.8 Å². The smallest absolute Gasteiger partial charge is 0.260 e. The zero-order valence-corrected chi connectivity index (χ0v) is 8.50. The Balaban J connectivity index is 2.89. The Kier molecular flexibility index (Phi) is 3.06. The van der Waals surface area contributed by atoms with E-state index < -0.39 is 0 Å². The van der Waals surface area contributed by atoms with Gasteiger partial charge in [-0.15, -0.1) is 0 Å². The maximum absolute atomic E-state index is 5.41. The normalized spacial score (nSPS) is 9.58. The van der Waals surface area contributed by atoms with E-state index in [9.17, 15) is 0 Å². The Labute approximate surface area is 82.3 Å². The Morgan fingerprint density at radius 1 is 1.33 bits per heavy atom. The van der Waals surface area contributed by atoms with Gasteiger partial charge in [0, 0.05) is 0 Å². The Morgan fingerprint density at radius 2 is 2.00 bits per heavy atom. The van der Waals surface area contributed by atoms with Crippen LogP contribution in [0.2, 0.25) is 0 Å². The van der Waals surface area contributed by atoms with Crippen LogP contribution in [-0.4, -0.2) is 4.51 Å². The van der Waals surface area contributed by atoms with Crippen molar-refractivity contribution >= 4 is 28.3 Å². The first-order valence-corrected chi connectivity index (χ1v) is 4.33. The molecule has 1 aromatic rings. The van der Waals surface area contributed by atoms with Gasteiger partial charge in [-0.2, -0.15) is 0 Å². The zero-order valence-electron chi connectivity index (χ0n) is 6.93. The van der Waals surface area contributed by atoms with E-state index in [0.717, 1.165) is 0 Å². The minimum atomic E-state index is 0.0262. The van der Waals surface area contributed by atoms with Crippen LogP contribution in [0, 0.1) is 13.8 Å². The Bertz CT molecular complexity index is 309. The summed E-state index contributed by atoms with van der Waals surface area (Å²) in [6, 6.07) is 5.72. The third-order valence-electron chi connectivity index (χ3n) is 1.68. The van der Waals surface area contributed by atoms with Gasteiger partial charge in [-0.3, -0.25) is 0 Å². The number of ether oxygens (including phenoxy) is 1. The van der Waals surface area contributed by atoms with Crippen LogP contribution in [0.4, 0.5) is 0 Å². The van der Waals surface area contributed by atoms with Gasteiger partial charge in [-0.1, -0.05) is 6.07 Å². The van der Waals surface area contributed by atoms with E-state index in [2.05, 4.69) is 12.2 Å². The van der Waals surface area contributed by atoms with Crippen molar-refractivity contribution in [3.63, 3.8) is 0 Å². The fourth-order valence-corrected chi connectivity index (χ4v) is 1.06. The summed E-state index contributed by atoms with van der Waals surface area (Å²) in [4.78, 5) is 0. The van der Waals surface area contributed by atoms with E-state index in [1.165, 1.54) is 11.1 Å². The highest BCUT2D eigenvalue weighted by molar-refractivity contribution is 7.82. The SMILES string of the molecule is Cc1ccc(OC(=S)Cl)cc1C. The fraction of sp³-hybridized carbons (Fsp3) is 0.222. The first-order valence-electron chi connectivity index (χ1n) is 3.54. The van der Waals surface area contributed by atoms with Gasteiger partial charge in [-0.05, 0) is 60.9 Å². The molecule has 0 bridgehead atoms. The molecule has 0 atom stereocenters. The summed E-state index contributed by atoms with van der Waals surface area (Å²) in [6.07, 6.45) is 0. The van der Waals surface area contributed by atoms with Gasteiger partial charge in [0.15, 0.2) is 0 Å². The lowest BCUT2D eigenvalue weighted by molar-refractivity contribution is 0.577. The van der Waals surface area contributed by atoms with Crippen molar-refractivity contribution in [1.29, 1.82) is 0 Å². The number of aryl methyl sites for hydroxylation is 2. The molecular weight excluding hydrogens is 192 g/mol. The molecule has 0 spiro atoms. The minimum Gasteiger partial charge on any atom is -0.436 e. The molecule has 0 amide bonds. The second kappa shape index (κ2) is 3.87. The molecule has 64 valence electrons. The first kappa shape index (κ1) is 9.49. The van der Waals surface area contributed by atoms with E-state index in [1.54, 1.807) is 0 Å². The van der Waals surface area contributed by atoms with Crippen LogP contribution in [0.3, 0.4) is 0 Å². The molecule has 0 aliphatic carbocycles. The summed E-state index contributed by atoms with van der Waals surface area (Å²) >= 11 is 10.0. The number of hydrogen-bond acceptors (Lipinski definition) is 2. The van der Waals surface area contributed by atoms with E-state index in [4.69, 9.17) is 16.3 Å². The summed E-state index contributed by atoms with van der Waals surface area (Å²) in [5.41, 5.74) is 2.39. The summed E-state index contributed by atoms with van der Waals surface area (Å²) in [6.45, 7) is 4.05. The molecule has 0 aromatic heterocycles. The van der Waals surface area contributed by atoms with E-state index in [1.807, 2.05) is 32.0 Å². The van der Waals surface area contributed by atoms with Crippen molar-refractivity contribution in [3.05, 3.63) is 29.3 Å². The zero-order chi connectivity index (χ0) is 9.14. The Morgan fingerprint density at radius 3 is 2.50 bits per heavy atom. The van der Waals surface area contributed by atoms with Gasteiger partial charge in [0.1, 0.15) is 5.75 Å². The molecule has 0 heterocycles. The molecule has 0 saturated heterocycles. The maximum atomic E-state index is 5.41. The van der Waals surface area contributed by atoms with Gasteiger partial charge >= 0.3 is 0 Å². The number of hydrogen-bond donors (Lipinski definition) is 0. The highest BCUT2D eigenvalue weighted by Gasteiger charge is 1.98. The molecule has 0 saturated carbocycles. The predicted octanol–water partition coefficient (Wildman–Crippen LogP) is 3.21. The lowest BCUT2D eigenvalue weighted by Gasteiger charge is -2.04. The molecule has 1 rings (SSSR count). The highest BCUT2D eigenvalue weighted by atomic mass is 35.5.